The Morgan fingerprint density at radius 3 is 2.19 bits per heavy atom. The number of carbonyl (C=O) groups is 1. The summed E-state index contributed by atoms with van der Waals surface area (Å²) in [6.45, 7) is 13.3. The number of carbonyl (C=O) groups excluding carboxylic acids is 1. The first kappa shape index (κ1) is 33.1. The zero-order valence-corrected chi connectivity index (χ0v) is 24.7. The number of ether oxygens (including phenoxy) is 8. The lowest BCUT2D eigenvalue weighted by Gasteiger charge is -2.40. The molecule has 6 atom stereocenters. The molecule has 11 heteroatoms. The average molecular weight is 537 g/mol. The molecule has 0 saturated carbocycles. The largest absolute Gasteiger partial charge is 0.455 e. The third kappa shape index (κ3) is 10.8. The Morgan fingerprint density at radius 1 is 1.03 bits per heavy atom. The Hall–Kier alpha value is -0.893. The van der Waals surface area contributed by atoms with Crippen molar-refractivity contribution in [2.24, 2.45) is 0 Å². The Morgan fingerprint density at radius 2 is 1.64 bits per heavy atom. The maximum atomic E-state index is 12.2. The van der Waals surface area contributed by atoms with E-state index in [1.54, 1.807) is 27.4 Å². The second-order valence-electron chi connectivity index (χ2n) is 10.4. The molecule has 0 spiro atoms. The van der Waals surface area contributed by atoms with E-state index in [0.717, 1.165) is 0 Å². The third-order valence-electron chi connectivity index (χ3n) is 6.60. The highest BCUT2D eigenvalue weighted by molar-refractivity contribution is 6.74. The molecule has 212 valence electrons. The molecule has 0 unspecified atom stereocenters. The molecule has 0 N–H and O–H groups in total. The first-order valence-electron chi connectivity index (χ1n) is 12.3. The molecule has 0 aromatic carbocycles. The molecule has 1 heterocycles. The van der Waals surface area contributed by atoms with Crippen LogP contribution in [0.2, 0.25) is 18.1 Å². The normalized spacial score (nSPS) is 24.1. The number of methoxy groups -OCH3 is 4. The third-order valence-corrected chi connectivity index (χ3v) is 11.2. The molecule has 10 nitrogen and oxygen atoms in total. The predicted molar refractivity (Wildman–Crippen MR) is 137 cm³/mol. The van der Waals surface area contributed by atoms with E-state index in [-0.39, 0.29) is 50.0 Å². The minimum absolute atomic E-state index is 0.0469. The molecular formula is C25H48O10Si. The lowest BCUT2D eigenvalue weighted by Crippen LogP contribution is -2.48. The summed E-state index contributed by atoms with van der Waals surface area (Å²) in [7, 11) is 4.18. The van der Waals surface area contributed by atoms with E-state index >= 15 is 0 Å². The summed E-state index contributed by atoms with van der Waals surface area (Å²) in [6, 6.07) is 0. The van der Waals surface area contributed by atoms with Crippen LogP contribution >= 0.6 is 0 Å². The number of rotatable bonds is 17. The first-order chi connectivity index (χ1) is 16.9. The summed E-state index contributed by atoms with van der Waals surface area (Å²) in [5.74, 6) is -0.360. The Balaban J connectivity index is 3.09. The monoisotopic (exact) mass is 536 g/mol. The van der Waals surface area contributed by atoms with Gasteiger partial charge in [0.05, 0.1) is 30.8 Å². The molecule has 1 fully saturated rings. The molecule has 1 aliphatic rings. The molecule has 1 rings (SSSR count). The Bertz CT molecular complexity index is 651. The number of esters is 1. The van der Waals surface area contributed by atoms with Crippen LogP contribution in [0.5, 0.6) is 0 Å². The van der Waals surface area contributed by atoms with Crippen LogP contribution in [0, 0.1) is 0 Å². The molecule has 36 heavy (non-hydrogen) atoms. The first-order valence-corrected chi connectivity index (χ1v) is 15.2. The minimum atomic E-state index is -2.04. The fourth-order valence-corrected chi connectivity index (χ4v) is 5.00. The van der Waals surface area contributed by atoms with Gasteiger partial charge in [-0.15, -0.1) is 0 Å². The summed E-state index contributed by atoms with van der Waals surface area (Å²) in [6.07, 6.45) is 1.60. The lowest BCUT2D eigenvalue weighted by atomic mass is 9.99. The van der Waals surface area contributed by atoms with E-state index in [1.165, 1.54) is 7.11 Å². The Kier molecular flexibility index (Phi) is 14.9. The molecule has 0 aromatic rings. The van der Waals surface area contributed by atoms with Crippen molar-refractivity contribution >= 4 is 14.3 Å². The van der Waals surface area contributed by atoms with E-state index in [2.05, 4.69) is 33.9 Å². The van der Waals surface area contributed by atoms with Gasteiger partial charge in [0.25, 0.3) is 0 Å². The molecule has 1 saturated heterocycles. The van der Waals surface area contributed by atoms with Crippen LogP contribution in [0.4, 0.5) is 0 Å². The second kappa shape index (κ2) is 16.2. The summed E-state index contributed by atoms with van der Waals surface area (Å²) in [5.41, 5.74) is 0. The van der Waals surface area contributed by atoms with Crippen molar-refractivity contribution < 1.29 is 47.1 Å². The summed E-state index contributed by atoms with van der Waals surface area (Å²) in [5, 5.41) is 0.0544. The van der Waals surface area contributed by atoms with E-state index in [1.807, 2.05) is 13.0 Å². The van der Waals surface area contributed by atoms with Gasteiger partial charge in [0.2, 0.25) is 0 Å². The molecular weight excluding hydrogens is 488 g/mol. The van der Waals surface area contributed by atoms with Crippen molar-refractivity contribution in [1.29, 1.82) is 0 Å². The summed E-state index contributed by atoms with van der Waals surface area (Å²) < 4.78 is 50.7. The van der Waals surface area contributed by atoms with Crippen LogP contribution in [0.25, 0.3) is 0 Å². The zero-order chi connectivity index (χ0) is 27.4. The fraction of sp³-hybridized carbons (Fsp3) is 0.880. The van der Waals surface area contributed by atoms with Crippen LogP contribution in [0.15, 0.2) is 12.2 Å². The van der Waals surface area contributed by atoms with Crippen LogP contribution < -0.4 is 0 Å². The molecule has 0 amide bonds. The van der Waals surface area contributed by atoms with Gasteiger partial charge in [-0.05, 0) is 31.1 Å². The van der Waals surface area contributed by atoms with E-state index in [0.29, 0.717) is 6.42 Å². The van der Waals surface area contributed by atoms with Crippen LogP contribution in [-0.2, 0) is 47.1 Å². The van der Waals surface area contributed by atoms with Crippen molar-refractivity contribution in [3.05, 3.63) is 12.2 Å². The van der Waals surface area contributed by atoms with Gasteiger partial charge in [0, 0.05) is 34.9 Å². The summed E-state index contributed by atoms with van der Waals surface area (Å²) in [4.78, 5) is 12.2. The number of cyclic esters (lactones) is 1. The minimum Gasteiger partial charge on any atom is -0.455 e. The van der Waals surface area contributed by atoms with Crippen molar-refractivity contribution in [3.63, 3.8) is 0 Å². The molecule has 0 aromatic heterocycles. The number of hydrogen-bond acceptors (Lipinski definition) is 10. The summed E-state index contributed by atoms with van der Waals surface area (Å²) >= 11 is 0. The van der Waals surface area contributed by atoms with Crippen molar-refractivity contribution in [1.82, 2.24) is 0 Å². The van der Waals surface area contributed by atoms with Crippen LogP contribution in [-0.4, -0.2) is 99.7 Å². The van der Waals surface area contributed by atoms with Crippen LogP contribution in [0.1, 0.15) is 40.5 Å². The van der Waals surface area contributed by atoms with Gasteiger partial charge in [0.1, 0.15) is 32.6 Å². The topological polar surface area (TPSA) is 100 Å². The Labute approximate surface area is 217 Å². The van der Waals surface area contributed by atoms with E-state index in [4.69, 9.17) is 42.3 Å². The van der Waals surface area contributed by atoms with Gasteiger partial charge in [-0.25, -0.2) is 0 Å². The van der Waals surface area contributed by atoms with Crippen molar-refractivity contribution in [2.75, 3.05) is 48.8 Å². The predicted octanol–water partition coefficient (Wildman–Crippen LogP) is 3.64. The standard InChI is InChI=1S/C25H48O10Si/c1-18(35-36(9,10)25(2,3)4)21(32-16-28-6)13-19(31-15-27-5)11-12-20-24(33-17-29-7)22(30-8)14-23(26)34-20/h11-12,18-22,24H,13-17H2,1-10H3/b12-11-/t18-,19+,20-,21+,22+,24+/m0/s1. The second-order valence-corrected chi connectivity index (χ2v) is 15.2. The van der Waals surface area contributed by atoms with Crippen molar-refractivity contribution in [3.8, 4) is 0 Å². The van der Waals surface area contributed by atoms with Crippen molar-refractivity contribution in [2.45, 2.75) is 95.3 Å². The average Bonchev–Trinajstić information content (AvgIpc) is 2.80. The quantitative estimate of drug-likeness (QED) is 0.119. The van der Waals surface area contributed by atoms with Crippen LogP contribution in [0.3, 0.4) is 0 Å². The maximum Gasteiger partial charge on any atom is 0.309 e. The van der Waals surface area contributed by atoms with Gasteiger partial charge in [-0.1, -0.05) is 26.8 Å². The van der Waals surface area contributed by atoms with Gasteiger partial charge < -0.3 is 42.3 Å². The fourth-order valence-electron chi connectivity index (χ4n) is 3.56. The van der Waals surface area contributed by atoms with E-state index < -0.39 is 32.7 Å². The molecule has 1 aliphatic heterocycles. The molecule has 0 aliphatic carbocycles. The van der Waals surface area contributed by atoms with Gasteiger partial charge in [0.15, 0.2) is 8.32 Å². The highest BCUT2D eigenvalue weighted by atomic mass is 28.4. The van der Waals surface area contributed by atoms with Gasteiger partial charge in [-0.3, -0.25) is 4.79 Å². The smallest absolute Gasteiger partial charge is 0.309 e. The lowest BCUT2D eigenvalue weighted by molar-refractivity contribution is -0.197. The number of hydrogen-bond donors (Lipinski definition) is 0. The SMILES string of the molecule is COCO[C@@H]1[C@H](/C=C\[C@H](C[C@@H](OCOC)[C@H](C)O[Si](C)(C)C(C)(C)C)OCOC)OC(=O)C[C@H]1OC. The van der Waals surface area contributed by atoms with Gasteiger partial charge >= 0.3 is 5.97 Å². The molecule has 0 bridgehead atoms. The van der Waals surface area contributed by atoms with E-state index in [9.17, 15) is 4.79 Å². The highest BCUT2D eigenvalue weighted by Gasteiger charge is 2.41. The molecule has 0 radical (unpaired) electrons. The van der Waals surface area contributed by atoms with Gasteiger partial charge in [-0.2, -0.15) is 0 Å². The highest BCUT2D eigenvalue weighted by Crippen LogP contribution is 2.38. The maximum absolute atomic E-state index is 12.2. The zero-order valence-electron chi connectivity index (χ0n) is 23.7.